The number of carboxylic acid groups (broad SMARTS) is 1. The molecular weight excluding hydrogens is 364 g/mol. The molecule has 1 aliphatic rings. The van der Waals surface area contributed by atoms with Crippen molar-refractivity contribution in [2.24, 2.45) is 11.8 Å². The number of urea groups is 1. The molecule has 0 spiro atoms. The number of hydrogen-bond donors (Lipinski definition) is 2. The Kier molecular flexibility index (Phi) is 8.10. The van der Waals surface area contributed by atoms with Crippen LogP contribution in [0.25, 0.3) is 0 Å². The van der Waals surface area contributed by atoms with Crippen LogP contribution in [-0.4, -0.2) is 60.8 Å². The fourth-order valence-electron chi connectivity index (χ4n) is 3.22. The third-order valence-corrected chi connectivity index (χ3v) is 4.57. The highest BCUT2D eigenvalue weighted by Crippen LogP contribution is 2.21. The number of nitrogens with zero attached hydrogens (tertiary/aromatic N) is 1. The predicted molar refractivity (Wildman–Crippen MR) is 102 cm³/mol. The summed E-state index contributed by atoms with van der Waals surface area (Å²) in [6, 6.07) is 7.04. The van der Waals surface area contributed by atoms with Gasteiger partial charge in [0.05, 0.1) is 12.5 Å². The molecule has 8 heteroatoms. The second-order valence-electron chi connectivity index (χ2n) is 7.00. The van der Waals surface area contributed by atoms with Crippen LogP contribution in [0.15, 0.2) is 24.3 Å². The first kappa shape index (κ1) is 21.5. The molecule has 0 aromatic heterocycles. The zero-order chi connectivity index (χ0) is 20.5. The molecule has 1 aromatic carbocycles. The molecule has 0 aliphatic carbocycles. The number of aliphatic carboxylic acids is 1. The Morgan fingerprint density at radius 1 is 1.21 bits per heavy atom. The van der Waals surface area contributed by atoms with Gasteiger partial charge in [0.25, 0.3) is 0 Å². The van der Waals surface area contributed by atoms with Gasteiger partial charge in [0.1, 0.15) is 5.75 Å². The van der Waals surface area contributed by atoms with Gasteiger partial charge in [-0.2, -0.15) is 0 Å². The lowest BCUT2D eigenvalue weighted by molar-refractivity contribution is -0.145. The van der Waals surface area contributed by atoms with Crippen LogP contribution in [0.1, 0.15) is 25.8 Å². The summed E-state index contributed by atoms with van der Waals surface area (Å²) in [5, 5.41) is 12.1. The standard InChI is InChI=1S/C20H28N2O6/c1-3-27-18(23)13-28-17-6-4-15(5-7-17)8-9-21-20(26)22-11-14(2)10-16(12-22)19(24)25/h4-7,14,16H,3,8-13H2,1-2H3,(H,21,26)(H,24,25). The monoisotopic (exact) mass is 392 g/mol. The summed E-state index contributed by atoms with van der Waals surface area (Å²) in [5.74, 6) is -1.02. The average Bonchev–Trinajstić information content (AvgIpc) is 2.67. The van der Waals surface area contributed by atoms with Gasteiger partial charge in [-0.15, -0.1) is 0 Å². The van der Waals surface area contributed by atoms with E-state index in [1.807, 2.05) is 19.1 Å². The number of carbonyl (C=O) groups is 3. The quantitative estimate of drug-likeness (QED) is 0.655. The molecule has 2 atom stereocenters. The topological polar surface area (TPSA) is 105 Å². The lowest BCUT2D eigenvalue weighted by Gasteiger charge is -2.34. The molecule has 1 fully saturated rings. The zero-order valence-corrected chi connectivity index (χ0v) is 16.3. The summed E-state index contributed by atoms with van der Waals surface area (Å²) in [6.07, 6.45) is 1.24. The average molecular weight is 392 g/mol. The molecule has 2 rings (SSSR count). The van der Waals surface area contributed by atoms with Gasteiger partial charge >= 0.3 is 18.0 Å². The number of carbonyl (C=O) groups excluding carboxylic acids is 2. The van der Waals surface area contributed by atoms with E-state index in [1.165, 1.54) is 0 Å². The van der Waals surface area contributed by atoms with Crippen molar-refractivity contribution in [2.45, 2.75) is 26.7 Å². The van der Waals surface area contributed by atoms with Crippen LogP contribution in [-0.2, 0) is 20.7 Å². The molecule has 2 unspecified atom stereocenters. The summed E-state index contributed by atoms with van der Waals surface area (Å²) in [7, 11) is 0. The highest BCUT2D eigenvalue weighted by atomic mass is 16.6. The van der Waals surface area contributed by atoms with E-state index in [0.29, 0.717) is 38.3 Å². The number of likely N-dealkylation sites (tertiary alicyclic amines) is 1. The lowest BCUT2D eigenvalue weighted by Crippen LogP contribution is -2.49. The molecular formula is C20H28N2O6. The third kappa shape index (κ3) is 6.75. The van der Waals surface area contributed by atoms with Crippen molar-refractivity contribution in [3.05, 3.63) is 29.8 Å². The van der Waals surface area contributed by atoms with Gasteiger partial charge in [-0.25, -0.2) is 9.59 Å². The van der Waals surface area contributed by atoms with E-state index >= 15 is 0 Å². The van der Waals surface area contributed by atoms with Gasteiger partial charge in [-0.3, -0.25) is 4.79 Å². The molecule has 0 radical (unpaired) electrons. The van der Waals surface area contributed by atoms with Crippen molar-refractivity contribution >= 4 is 18.0 Å². The van der Waals surface area contributed by atoms with E-state index in [4.69, 9.17) is 9.47 Å². The molecule has 1 saturated heterocycles. The number of benzene rings is 1. The largest absolute Gasteiger partial charge is 0.482 e. The molecule has 8 nitrogen and oxygen atoms in total. The van der Waals surface area contributed by atoms with Crippen molar-refractivity contribution in [1.29, 1.82) is 0 Å². The normalized spacial score (nSPS) is 19.0. The fraction of sp³-hybridized carbons (Fsp3) is 0.550. The highest BCUT2D eigenvalue weighted by Gasteiger charge is 2.31. The summed E-state index contributed by atoms with van der Waals surface area (Å²) in [5.41, 5.74) is 1.01. The van der Waals surface area contributed by atoms with Gasteiger partial charge in [0.15, 0.2) is 6.61 Å². The van der Waals surface area contributed by atoms with Crippen LogP contribution >= 0.6 is 0 Å². The molecule has 154 valence electrons. The molecule has 0 saturated carbocycles. The first-order valence-corrected chi connectivity index (χ1v) is 9.52. The molecule has 2 amide bonds. The molecule has 0 bridgehead atoms. The molecule has 2 N–H and O–H groups in total. The SMILES string of the molecule is CCOC(=O)COc1ccc(CCNC(=O)N2CC(C)CC(C(=O)O)C2)cc1. The maximum Gasteiger partial charge on any atom is 0.344 e. The second-order valence-corrected chi connectivity index (χ2v) is 7.00. The Bertz CT molecular complexity index is 676. The first-order chi connectivity index (χ1) is 13.4. The van der Waals surface area contributed by atoms with Gasteiger partial charge in [0.2, 0.25) is 0 Å². The Hall–Kier alpha value is -2.77. The fourth-order valence-corrected chi connectivity index (χ4v) is 3.22. The second kappa shape index (κ2) is 10.5. The van der Waals surface area contributed by atoms with Crippen molar-refractivity contribution in [2.75, 3.05) is 32.8 Å². The Balaban J connectivity index is 1.74. The van der Waals surface area contributed by atoms with E-state index < -0.39 is 17.9 Å². The smallest absolute Gasteiger partial charge is 0.344 e. The van der Waals surface area contributed by atoms with Crippen LogP contribution in [0.4, 0.5) is 4.79 Å². The first-order valence-electron chi connectivity index (χ1n) is 9.52. The number of piperidine rings is 1. The van der Waals surface area contributed by atoms with Crippen molar-refractivity contribution in [1.82, 2.24) is 10.2 Å². The summed E-state index contributed by atoms with van der Waals surface area (Å²) in [6.45, 7) is 5.16. The number of carboxylic acids is 1. The number of hydrogen-bond acceptors (Lipinski definition) is 5. The van der Waals surface area contributed by atoms with Crippen LogP contribution in [0, 0.1) is 11.8 Å². The molecule has 1 aliphatic heterocycles. The minimum atomic E-state index is -0.852. The molecule has 1 heterocycles. The van der Waals surface area contributed by atoms with Gasteiger partial charge in [-0.1, -0.05) is 19.1 Å². The van der Waals surface area contributed by atoms with Crippen LogP contribution in [0.2, 0.25) is 0 Å². The summed E-state index contributed by atoms with van der Waals surface area (Å²) >= 11 is 0. The molecule has 1 aromatic rings. The lowest BCUT2D eigenvalue weighted by atomic mass is 9.91. The summed E-state index contributed by atoms with van der Waals surface area (Å²) in [4.78, 5) is 36.4. The van der Waals surface area contributed by atoms with E-state index in [-0.39, 0.29) is 25.1 Å². The Labute approximate surface area is 164 Å². The molecule has 28 heavy (non-hydrogen) atoms. The van der Waals surface area contributed by atoms with Gasteiger partial charge < -0.3 is 24.8 Å². The number of ether oxygens (including phenoxy) is 2. The van der Waals surface area contributed by atoms with Crippen LogP contribution in [0.3, 0.4) is 0 Å². The van der Waals surface area contributed by atoms with E-state index in [9.17, 15) is 19.5 Å². The van der Waals surface area contributed by atoms with Gasteiger partial charge in [0, 0.05) is 19.6 Å². The number of esters is 1. The van der Waals surface area contributed by atoms with E-state index in [0.717, 1.165) is 5.56 Å². The van der Waals surface area contributed by atoms with E-state index in [2.05, 4.69) is 5.32 Å². The van der Waals surface area contributed by atoms with Crippen LogP contribution < -0.4 is 10.1 Å². The predicted octanol–water partition coefficient (Wildman–Crippen LogP) is 1.92. The van der Waals surface area contributed by atoms with E-state index in [1.54, 1.807) is 24.0 Å². The Morgan fingerprint density at radius 3 is 2.57 bits per heavy atom. The number of rotatable bonds is 8. The zero-order valence-electron chi connectivity index (χ0n) is 16.3. The van der Waals surface area contributed by atoms with Crippen LogP contribution in [0.5, 0.6) is 5.75 Å². The maximum atomic E-state index is 12.3. The number of amides is 2. The van der Waals surface area contributed by atoms with Gasteiger partial charge in [-0.05, 0) is 43.4 Å². The Morgan fingerprint density at radius 2 is 1.93 bits per heavy atom. The van der Waals surface area contributed by atoms with Crippen molar-refractivity contribution < 1.29 is 29.0 Å². The maximum absolute atomic E-state index is 12.3. The summed E-state index contributed by atoms with van der Waals surface area (Å²) < 4.78 is 10.1. The number of nitrogens with one attached hydrogen (secondary N) is 1. The minimum absolute atomic E-state index is 0.130. The highest BCUT2D eigenvalue weighted by molar-refractivity contribution is 5.76. The third-order valence-electron chi connectivity index (χ3n) is 4.57. The minimum Gasteiger partial charge on any atom is -0.482 e. The van der Waals surface area contributed by atoms with Crippen molar-refractivity contribution in [3.8, 4) is 5.75 Å². The van der Waals surface area contributed by atoms with Crippen molar-refractivity contribution in [3.63, 3.8) is 0 Å².